The fourth-order valence-electron chi connectivity index (χ4n) is 3.43. The first-order chi connectivity index (χ1) is 13.3. The first kappa shape index (κ1) is 21.1. The first-order valence-electron chi connectivity index (χ1n) is 9.39. The van der Waals surface area contributed by atoms with Gasteiger partial charge < -0.3 is 14.7 Å². The molecular weight excluding hydrogens is 398 g/mol. The van der Waals surface area contributed by atoms with Gasteiger partial charge in [0.05, 0.1) is 17.6 Å². The Kier molecular flexibility index (Phi) is 6.99. The predicted molar refractivity (Wildman–Crippen MR) is 111 cm³/mol. The topological polar surface area (TPSA) is 66.8 Å². The lowest BCUT2D eigenvalue weighted by molar-refractivity contribution is 0.00592. The lowest BCUT2D eigenvalue weighted by atomic mass is 9.95. The third-order valence-corrected chi connectivity index (χ3v) is 6.46. The van der Waals surface area contributed by atoms with Gasteiger partial charge in [-0.15, -0.1) is 0 Å². The lowest BCUT2D eigenvalue weighted by Gasteiger charge is -2.36. The third-order valence-electron chi connectivity index (χ3n) is 5.10. The van der Waals surface area contributed by atoms with Gasteiger partial charge in [0.15, 0.2) is 9.84 Å². The molecule has 0 bridgehead atoms. The summed E-state index contributed by atoms with van der Waals surface area (Å²) in [6.07, 6.45) is 2.42. The van der Waals surface area contributed by atoms with Gasteiger partial charge in [0.2, 0.25) is 0 Å². The van der Waals surface area contributed by atoms with Crippen LogP contribution in [0.2, 0.25) is 5.02 Å². The van der Waals surface area contributed by atoms with E-state index in [1.807, 2.05) is 18.2 Å². The van der Waals surface area contributed by atoms with Gasteiger partial charge in [0.25, 0.3) is 0 Å². The Bertz CT molecular complexity index is 886. The summed E-state index contributed by atoms with van der Waals surface area (Å²) >= 11 is 6.05. The summed E-state index contributed by atoms with van der Waals surface area (Å²) in [5.41, 5.74) is 1.21. The van der Waals surface area contributed by atoms with Crippen LogP contribution in [0.15, 0.2) is 53.4 Å². The highest BCUT2D eigenvalue weighted by Crippen LogP contribution is 2.21. The molecule has 0 saturated carbocycles. The number of hydrogen-bond donors (Lipinski definition) is 1. The normalized spacial score (nSPS) is 20.8. The fraction of sp³-hybridized carbons (Fsp3) is 0.429. The Hall–Kier alpha value is -1.60. The summed E-state index contributed by atoms with van der Waals surface area (Å²) < 4.78 is 28.9. The SMILES string of the molecule is CS(=O)(=O)c1ccc(OC[C@H]2CN(CCc3cccc(Cl)c3)CC[C@H]2O)cc1. The predicted octanol–water partition coefficient (Wildman–Crippen LogP) is 3.05. The van der Waals surface area contributed by atoms with Crippen molar-refractivity contribution in [3.8, 4) is 5.75 Å². The largest absolute Gasteiger partial charge is 0.493 e. The van der Waals surface area contributed by atoms with Crippen LogP contribution >= 0.6 is 11.6 Å². The Morgan fingerprint density at radius 1 is 1.21 bits per heavy atom. The maximum Gasteiger partial charge on any atom is 0.175 e. The molecule has 2 atom stereocenters. The molecule has 7 heteroatoms. The van der Waals surface area contributed by atoms with Crippen molar-refractivity contribution in [1.29, 1.82) is 0 Å². The molecule has 0 aromatic heterocycles. The molecule has 152 valence electrons. The maximum absolute atomic E-state index is 11.5. The van der Waals surface area contributed by atoms with Crippen LogP contribution in [0.4, 0.5) is 0 Å². The molecule has 0 aliphatic carbocycles. The summed E-state index contributed by atoms with van der Waals surface area (Å²) in [6.45, 7) is 2.93. The second kappa shape index (κ2) is 9.27. The van der Waals surface area contributed by atoms with E-state index >= 15 is 0 Å². The maximum atomic E-state index is 11.5. The van der Waals surface area contributed by atoms with Crippen molar-refractivity contribution in [2.24, 2.45) is 5.92 Å². The molecule has 0 radical (unpaired) electrons. The van der Waals surface area contributed by atoms with Crippen molar-refractivity contribution in [2.45, 2.75) is 23.8 Å². The van der Waals surface area contributed by atoms with Gasteiger partial charge >= 0.3 is 0 Å². The number of likely N-dealkylation sites (tertiary alicyclic amines) is 1. The Balaban J connectivity index is 1.51. The van der Waals surface area contributed by atoms with Gasteiger partial charge in [-0.1, -0.05) is 23.7 Å². The molecule has 2 aromatic carbocycles. The summed E-state index contributed by atoms with van der Waals surface area (Å²) in [5, 5.41) is 11.1. The van der Waals surface area contributed by atoms with Crippen molar-refractivity contribution in [1.82, 2.24) is 4.90 Å². The van der Waals surface area contributed by atoms with Gasteiger partial charge in [-0.25, -0.2) is 8.42 Å². The molecule has 5 nitrogen and oxygen atoms in total. The Labute approximate surface area is 171 Å². The zero-order chi connectivity index (χ0) is 20.1. The van der Waals surface area contributed by atoms with E-state index in [0.29, 0.717) is 12.4 Å². The minimum absolute atomic E-state index is 0.0164. The smallest absolute Gasteiger partial charge is 0.175 e. The van der Waals surface area contributed by atoms with Crippen LogP contribution in [0.25, 0.3) is 0 Å². The van der Waals surface area contributed by atoms with Crippen LogP contribution in [0.5, 0.6) is 5.75 Å². The van der Waals surface area contributed by atoms with Crippen LogP contribution in [0, 0.1) is 5.92 Å². The van der Waals surface area contributed by atoms with Crippen LogP contribution in [-0.4, -0.2) is 57.0 Å². The Morgan fingerprint density at radius 2 is 1.96 bits per heavy atom. The number of nitrogens with zero attached hydrogens (tertiary/aromatic N) is 1. The van der Waals surface area contributed by atoms with Gasteiger partial charge in [-0.2, -0.15) is 0 Å². The monoisotopic (exact) mass is 423 g/mol. The molecule has 1 aliphatic rings. The molecule has 1 saturated heterocycles. The highest BCUT2D eigenvalue weighted by molar-refractivity contribution is 7.90. The second-order valence-electron chi connectivity index (χ2n) is 7.35. The highest BCUT2D eigenvalue weighted by atomic mass is 35.5. The molecule has 1 N–H and O–H groups in total. The zero-order valence-corrected chi connectivity index (χ0v) is 17.5. The number of sulfone groups is 1. The van der Waals surface area contributed by atoms with E-state index in [1.165, 1.54) is 11.8 Å². The van der Waals surface area contributed by atoms with E-state index in [-0.39, 0.29) is 10.8 Å². The van der Waals surface area contributed by atoms with Gasteiger partial charge in [0.1, 0.15) is 5.75 Å². The van der Waals surface area contributed by atoms with Crippen molar-refractivity contribution in [3.63, 3.8) is 0 Å². The average molecular weight is 424 g/mol. The quantitative estimate of drug-likeness (QED) is 0.741. The second-order valence-corrected chi connectivity index (χ2v) is 9.80. The van der Waals surface area contributed by atoms with Gasteiger partial charge in [-0.3, -0.25) is 0 Å². The number of aliphatic hydroxyl groups is 1. The minimum atomic E-state index is -3.21. The molecule has 2 aromatic rings. The average Bonchev–Trinajstić information content (AvgIpc) is 2.66. The molecule has 1 aliphatic heterocycles. The number of aliphatic hydroxyl groups excluding tert-OH is 1. The standard InChI is InChI=1S/C21H26ClNO4S/c1-28(25,26)20-7-5-19(6-8-20)27-15-17-14-23(12-10-21(17)24)11-9-16-3-2-4-18(22)13-16/h2-8,13,17,21,24H,9-12,14-15H2,1H3/t17-,21-/m1/s1. The molecule has 0 unspecified atom stereocenters. The number of hydrogen-bond acceptors (Lipinski definition) is 5. The summed E-state index contributed by atoms with van der Waals surface area (Å²) in [7, 11) is -3.21. The molecule has 3 rings (SSSR count). The van der Waals surface area contributed by atoms with Crippen LogP contribution < -0.4 is 4.74 Å². The third kappa shape index (κ3) is 5.95. The molecule has 0 spiro atoms. The lowest BCUT2D eigenvalue weighted by Crippen LogP contribution is -2.46. The van der Waals surface area contributed by atoms with Crippen molar-refractivity contribution >= 4 is 21.4 Å². The Morgan fingerprint density at radius 3 is 2.64 bits per heavy atom. The number of ether oxygens (including phenoxy) is 1. The summed E-state index contributed by atoms with van der Waals surface area (Å²) in [5.74, 6) is 0.623. The number of benzene rings is 2. The van der Waals surface area contributed by atoms with E-state index in [0.717, 1.165) is 37.5 Å². The van der Waals surface area contributed by atoms with E-state index in [1.54, 1.807) is 24.3 Å². The summed E-state index contributed by atoms with van der Waals surface area (Å²) in [6, 6.07) is 14.3. The number of piperidine rings is 1. The highest BCUT2D eigenvalue weighted by Gasteiger charge is 2.28. The molecule has 1 fully saturated rings. The fourth-order valence-corrected chi connectivity index (χ4v) is 4.27. The first-order valence-corrected chi connectivity index (χ1v) is 11.7. The zero-order valence-electron chi connectivity index (χ0n) is 15.9. The van der Waals surface area contributed by atoms with Crippen molar-refractivity contribution in [3.05, 3.63) is 59.1 Å². The van der Waals surface area contributed by atoms with Crippen LogP contribution in [0.3, 0.4) is 0 Å². The van der Waals surface area contributed by atoms with Gasteiger partial charge in [-0.05, 0) is 54.8 Å². The van der Waals surface area contributed by atoms with Crippen molar-refractivity contribution in [2.75, 3.05) is 32.5 Å². The summed E-state index contributed by atoms with van der Waals surface area (Å²) in [4.78, 5) is 2.61. The van der Waals surface area contributed by atoms with E-state index in [4.69, 9.17) is 16.3 Å². The molecule has 0 amide bonds. The van der Waals surface area contributed by atoms with E-state index in [2.05, 4.69) is 11.0 Å². The molecule has 1 heterocycles. The van der Waals surface area contributed by atoms with Crippen LogP contribution in [-0.2, 0) is 16.3 Å². The van der Waals surface area contributed by atoms with Gasteiger partial charge in [0, 0.05) is 36.8 Å². The van der Waals surface area contributed by atoms with E-state index < -0.39 is 15.9 Å². The minimum Gasteiger partial charge on any atom is -0.493 e. The number of halogens is 1. The number of rotatable bonds is 7. The van der Waals surface area contributed by atoms with Crippen LogP contribution in [0.1, 0.15) is 12.0 Å². The van der Waals surface area contributed by atoms with E-state index in [9.17, 15) is 13.5 Å². The van der Waals surface area contributed by atoms with Crippen molar-refractivity contribution < 1.29 is 18.3 Å². The molecular formula is C21H26ClNO4S. The molecule has 28 heavy (non-hydrogen) atoms.